The minimum Gasteiger partial charge on any atom is -0.506 e. The first-order chi connectivity index (χ1) is 9.15. The number of anilines is 1. The molecule has 2 rings (SSSR count). The first-order valence-corrected chi connectivity index (χ1v) is 6.63. The van der Waals surface area contributed by atoms with Crippen molar-refractivity contribution in [1.29, 1.82) is 0 Å². The number of carbonyl (C=O) groups excluding carboxylic acids is 1. The summed E-state index contributed by atoms with van der Waals surface area (Å²) in [5.74, 6) is -0.231. The SMILES string of the molecule is O=C(COC1CCNCC1)Nc1ccc(O)c(Cl)c1. The van der Waals surface area contributed by atoms with Gasteiger partial charge in [-0.25, -0.2) is 0 Å². The van der Waals surface area contributed by atoms with Crippen LogP contribution >= 0.6 is 11.6 Å². The van der Waals surface area contributed by atoms with Crippen molar-refractivity contribution in [2.45, 2.75) is 18.9 Å². The van der Waals surface area contributed by atoms with Gasteiger partial charge >= 0.3 is 0 Å². The summed E-state index contributed by atoms with van der Waals surface area (Å²) in [5, 5.41) is 15.4. The van der Waals surface area contributed by atoms with E-state index in [0.29, 0.717) is 5.69 Å². The lowest BCUT2D eigenvalue weighted by atomic mass is 10.1. The van der Waals surface area contributed by atoms with Crippen LogP contribution in [0.25, 0.3) is 0 Å². The third-order valence-corrected chi connectivity index (χ3v) is 3.27. The van der Waals surface area contributed by atoms with Crippen molar-refractivity contribution >= 4 is 23.2 Å². The van der Waals surface area contributed by atoms with Crippen molar-refractivity contribution in [1.82, 2.24) is 5.32 Å². The summed E-state index contributed by atoms with van der Waals surface area (Å²) in [6.07, 6.45) is 2.01. The third kappa shape index (κ3) is 4.38. The van der Waals surface area contributed by atoms with Crippen LogP contribution in [0.3, 0.4) is 0 Å². The van der Waals surface area contributed by atoms with Crippen LogP contribution in [0.5, 0.6) is 5.75 Å². The van der Waals surface area contributed by atoms with Gasteiger partial charge in [0.1, 0.15) is 12.4 Å². The number of hydrogen-bond donors (Lipinski definition) is 3. The van der Waals surface area contributed by atoms with Crippen LogP contribution in [0.4, 0.5) is 5.69 Å². The molecule has 0 aromatic heterocycles. The largest absolute Gasteiger partial charge is 0.506 e. The summed E-state index contributed by atoms with van der Waals surface area (Å²) in [4.78, 5) is 11.7. The summed E-state index contributed by atoms with van der Waals surface area (Å²) < 4.78 is 5.54. The molecule has 1 heterocycles. The summed E-state index contributed by atoms with van der Waals surface area (Å²) in [6.45, 7) is 1.89. The van der Waals surface area contributed by atoms with Crippen LogP contribution in [0.1, 0.15) is 12.8 Å². The molecule has 1 aliphatic rings. The Bertz CT molecular complexity index is 448. The van der Waals surface area contributed by atoms with E-state index < -0.39 is 0 Å². The highest BCUT2D eigenvalue weighted by molar-refractivity contribution is 6.32. The summed E-state index contributed by atoms with van der Waals surface area (Å²) >= 11 is 5.76. The van der Waals surface area contributed by atoms with E-state index in [9.17, 15) is 9.90 Å². The van der Waals surface area contributed by atoms with E-state index in [-0.39, 0.29) is 29.4 Å². The molecule has 1 fully saturated rings. The Hall–Kier alpha value is -1.30. The number of carbonyl (C=O) groups is 1. The number of hydrogen-bond acceptors (Lipinski definition) is 4. The zero-order valence-electron chi connectivity index (χ0n) is 10.5. The van der Waals surface area contributed by atoms with Gasteiger partial charge in [0.05, 0.1) is 11.1 Å². The van der Waals surface area contributed by atoms with E-state index >= 15 is 0 Å². The van der Waals surface area contributed by atoms with Crippen LogP contribution in [0.15, 0.2) is 18.2 Å². The number of piperidine rings is 1. The minimum absolute atomic E-state index is 0.00868. The van der Waals surface area contributed by atoms with E-state index in [2.05, 4.69) is 10.6 Å². The molecule has 0 radical (unpaired) electrons. The Kier molecular flexibility index (Phi) is 5.01. The highest BCUT2D eigenvalue weighted by Gasteiger charge is 2.15. The molecule has 0 unspecified atom stereocenters. The number of ether oxygens (including phenoxy) is 1. The molecule has 19 heavy (non-hydrogen) atoms. The average molecular weight is 285 g/mol. The predicted molar refractivity (Wildman–Crippen MR) is 73.6 cm³/mol. The number of halogens is 1. The zero-order chi connectivity index (χ0) is 13.7. The lowest BCUT2D eigenvalue weighted by molar-refractivity contribution is -0.123. The second-order valence-electron chi connectivity index (χ2n) is 4.47. The van der Waals surface area contributed by atoms with Crippen molar-refractivity contribution < 1.29 is 14.6 Å². The van der Waals surface area contributed by atoms with Crippen LogP contribution in [0, 0.1) is 0 Å². The van der Waals surface area contributed by atoms with E-state index in [1.807, 2.05) is 0 Å². The Balaban J connectivity index is 1.78. The number of aromatic hydroxyl groups is 1. The molecule has 0 atom stereocenters. The van der Waals surface area contributed by atoms with Gasteiger partial charge < -0.3 is 20.5 Å². The highest BCUT2D eigenvalue weighted by atomic mass is 35.5. The smallest absolute Gasteiger partial charge is 0.250 e. The summed E-state index contributed by atoms with van der Waals surface area (Å²) in [6, 6.07) is 4.52. The fraction of sp³-hybridized carbons (Fsp3) is 0.462. The predicted octanol–water partition coefficient (Wildman–Crippen LogP) is 1.75. The molecule has 6 heteroatoms. The van der Waals surface area contributed by atoms with Crippen molar-refractivity contribution in [3.63, 3.8) is 0 Å². The van der Waals surface area contributed by atoms with Crippen molar-refractivity contribution in [3.05, 3.63) is 23.2 Å². The maximum Gasteiger partial charge on any atom is 0.250 e. The maximum absolute atomic E-state index is 11.7. The maximum atomic E-state index is 11.7. The molecule has 0 aliphatic carbocycles. The normalized spacial score (nSPS) is 16.3. The Labute approximate surface area is 116 Å². The van der Waals surface area contributed by atoms with Gasteiger partial charge in [-0.2, -0.15) is 0 Å². The van der Waals surface area contributed by atoms with E-state index in [4.69, 9.17) is 16.3 Å². The third-order valence-electron chi connectivity index (χ3n) is 2.97. The Morgan fingerprint density at radius 1 is 1.47 bits per heavy atom. The van der Waals surface area contributed by atoms with Crippen LogP contribution in [-0.4, -0.2) is 36.8 Å². The van der Waals surface area contributed by atoms with Crippen molar-refractivity contribution in [2.24, 2.45) is 0 Å². The second kappa shape index (κ2) is 6.75. The van der Waals surface area contributed by atoms with Gasteiger partial charge in [-0.15, -0.1) is 0 Å². The topological polar surface area (TPSA) is 70.6 Å². The second-order valence-corrected chi connectivity index (χ2v) is 4.88. The molecular formula is C13H17ClN2O3. The number of rotatable bonds is 4. The van der Waals surface area contributed by atoms with Crippen LogP contribution in [0.2, 0.25) is 5.02 Å². The Morgan fingerprint density at radius 2 is 2.21 bits per heavy atom. The quantitative estimate of drug-likeness (QED) is 0.737. The molecule has 5 nitrogen and oxygen atoms in total. The average Bonchev–Trinajstić information content (AvgIpc) is 2.42. The van der Waals surface area contributed by atoms with Gasteiger partial charge in [0.15, 0.2) is 0 Å². The lowest BCUT2D eigenvalue weighted by Crippen LogP contribution is -2.34. The van der Waals surface area contributed by atoms with Gasteiger partial charge in [-0.3, -0.25) is 4.79 Å². The number of nitrogens with one attached hydrogen (secondary N) is 2. The molecule has 1 amide bonds. The first-order valence-electron chi connectivity index (χ1n) is 6.26. The summed E-state index contributed by atoms with van der Waals surface area (Å²) in [5.41, 5.74) is 0.543. The zero-order valence-corrected chi connectivity index (χ0v) is 11.2. The molecule has 0 spiro atoms. The monoisotopic (exact) mass is 284 g/mol. The van der Waals surface area contributed by atoms with Crippen molar-refractivity contribution in [2.75, 3.05) is 25.0 Å². The molecule has 1 aromatic rings. The lowest BCUT2D eigenvalue weighted by Gasteiger charge is -2.22. The molecule has 1 saturated heterocycles. The molecule has 104 valence electrons. The van der Waals surface area contributed by atoms with Gasteiger partial charge in [-0.1, -0.05) is 11.6 Å². The van der Waals surface area contributed by atoms with Crippen LogP contribution in [-0.2, 0) is 9.53 Å². The van der Waals surface area contributed by atoms with Gasteiger partial charge in [0.25, 0.3) is 0 Å². The van der Waals surface area contributed by atoms with E-state index in [0.717, 1.165) is 25.9 Å². The fourth-order valence-corrected chi connectivity index (χ4v) is 2.12. The number of phenolic OH excluding ortho intramolecular Hbond substituents is 1. The van der Waals surface area contributed by atoms with E-state index in [1.54, 1.807) is 6.07 Å². The number of amides is 1. The summed E-state index contributed by atoms with van der Waals surface area (Å²) in [7, 11) is 0. The van der Waals surface area contributed by atoms with Gasteiger partial charge in [-0.05, 0) is 44.1 Å². The standard InChI is InChI=1S/C13H17ClN2O3/c14-11-7-9(1-2-12(11)17)16-13(18)8-19-10-3-5-15-6-4-10/h1-2,7,10,15,17H,3-6,8H2,(H,16,18). The van der Waals surface area contributed by atoms with Crippen molar-refractivity contribution in [3.8, 4) is 5.75 Å². The van der Waals surface area contributed by atoms with Gasteiger partial charge in [0, 0.05) is 5.69 Å². The fourth-order valence-electron chi connectivity index (χ4n) is 1.94. The number of phenols is 1. The van der Waals surface area contributed by atoms with Gasteiger partial charge in [0.2, 0.25) is 5.91 Å². The minimum atomic E-state index is -0.222. The van der Waals surface area contributed by atoms with Crippen LogP contribution < -0.4 is 10.6 Å². The first kappa shape index (κ1) is 14.1. The van der Waals surface area contributed by atoms with E-state index in [1.165, 1.54) is 12.1 Å². The molecule has 0 bridgehead atoms. The molecule has 1 aromatic carbocycles. The number of benzene rings is 1. The molecule has 0 saturated carbocycles. The molecule has 1 aliphatic heterocycles. The highest BCUT2D eigenvalue weighted by Crippen LogP contribution is 2.25. The molecule has 3 N–H and O–H groups in total. The molecular weight excluding hydrogens is 268 g/mol. The Morgan fingerprint density at radius 3 is 2.89 bits per heavy atom.